The molecule has 3 N–H and O–H groups in total. The lowest BCUT2D eigenvalue weighted by Crippen LogP contribution is -2.33. The molecule has 0 bridgehead atoms. The van der Waals surface area contributed by atoms with Crippen molar-refractivity contribution < 1.29 is 24.9 Å². The van der Waals surface area contributed by atoms with E-state index in [-0.39, 0.29) is 5.75 Å². The molecule has 0 radical (unpaired) electrons. The van der Waals surface area contributed by atoms with Gasteiger partial charge in [0.15, 0.2) is 0 Å². The van der Waals surface area contributed by atoms with Gasteiger partial charge in [-0.15, -0.1) is 0 Å². The molecule has 0 spiro atoms. The first kappa shape index (κ1) is 10.7. The zero-order valence-corrected chi connectivity index (χ0v) is 6.57. The number of esters is 1. The van der Waals surface area contributed by atoms with Crippen LogP contribution < -0.4 is 0 Å². The number of hydrogen-bond acceptors (Lipinski definition) is 6. The minimum atomic E-state index is -1.68. The molecule has 0 amide bonds. The van der Waals surface area contributed by atoms with Crippen LogP contribution in [0, 0.1) is 0 Å². The van der Waals surface area contributed by atoms with Crippen molar-refractivity contribution in [1.82, 2.24) is 0 Å². The molecule has 0 fully saturated rings. The predicted molar refractivity (Wildman–Crippen MR) is 39.0 cm³/mol. The fourth-order valence-corrected chi connectivity index (χ4v) is 0.415. The highest BCUT2D eigenvalue weighted by Gasteiger charge is 2.18. The number of ether oxygens (including phenoxy) is 1. The second-order valence-corrected chi connectivity index (χ2v) is 2.10. The van der Waals surface area contributed by atoms with Crippen LogP contribution in [0.4, 0.5) is 0 Å². The molecule has 11 heavy (non-hydrogen) atoms. The maximum atomic E-state index is 10.4. The Morgan fingerprint density at radius 3 is 2.45 bits per heavy atom. The molecule has 0 saturated carbocycles. The van der Waals surface area contributed by atoms with E-state index in [0.717, 1.165) is 0 Å². The zero-order valence-electron chi connectivity index (χ0n) is 5.67. The summed E-state index contributed by atoms with van der Waals surface area (Å²) in [5.74, 6) is -0.941. The predicted octanol–water partition coefficient (Wildman–Crippen LogP) is -1.87. The van der Waals surface area contributed by atoms with Crippen LogP contribution in [-0.4, -0.2) is 46.0 Å². The SMILES string of the molecule is O=C(CS)OC(O)C(O)CO. The molecule has 0 aromatic carbocycles. The summed E-state index contributed by atoms with van der Waals surface area (Å²) in [6.07, 6.45) is -3.14. The van der Waals surface area contributed by atoms with Gasteiger partial charge in [0, 0.05) is 0 Å². The summed E-state index contributed by atoms with van der Waals surface area (Å²) in [5.41, 5.74) is 0. The van der Waals surface area contributed by atoms with Crippen LogP contribution in [0.3, 0.4) is 0 Å². The molecule has 5 nitrogen and oxygen atoms in total. The molecule has 2 unspecified atom stereocenters. The number of rotatable bonds is 4. The van der Waals surface area contributed by atoms with Crippen molar-refractivity contribution >= 4 is 18.6 Å². The maximum Gasteiger partial charge on any atom is 0.318 e. The second kappa shape index (κ2) is 5.36. The van der Waals surface area contributed by atoms with Gasteiger partial charge in [-0.1, -0.05) is 0 Å². The third kappa shape index (κ3) is 4.20. The lowest BCUT2D eigenvalue weighted by molar-refractivity contribution is -0.187. The van der Waals surface area contributed by atoms with Gasteiger partial charge in [-0.05, 0) is 0 Å². The number of carbonyl (C=O) groups excluding carboxylic acids is 1. The van der Waals surface area contributed by atoms with E-state index in [9.17, 15) is 4.79 Å². The van der Waals surface area contributed by atoms with Crippen molar-refractivity contribution in [2.24, 2.45) is 0 Å². The molecule has 66 valence electrons. The quantitative estimate of drug-likeness (QED) is 0.232. The standard InChI is InChI=1S/C5H10O5S/c6-1-3(7)5(9)10-4(8)2-11/h3,5-7,9,11H,1-2H2. The Balaban J connectivity index is 3.67. The van der Waals surface area contributed by atoms with Crippen LogP contribution in [0.2, 0.25) is 0 Å². The summed E-state index contributed by atoms with van der Waals surface area (Å²) in [6, 6.07) is 0. The fourth-order valence-electron chi connectivity index (χ4n) is 0.341. The number of aliphatic hydroxyl groups excluding tert-OH is 3. The third-order valence-electron chi connectivity index (χ3n) is 0.898. The Bertz CT molecular complexity index is 128. The van der Waals surface area contributed by atoms with Crippen LogP contribution >= 0.6 is 12.6 Å². The molecule has 0 saturated heterocycles. The van der Waals surface area contributed by atoms with E-state index in [0.29, 0.717) is 0 Å². The maximum absolute atomic E-state index is 10.4. The molecule has 0 rings (SSSR count). The molecule has 0 heterocycles. The van der Waals surface area contributed by atoms with E-state index in [2.05, 4.69) is 17.4 Å². The topological polar surface area (TPSA) is 87.0 Å². The van der Waals surface area contributed by atoms with Crippen LogP contribution in [0.15, 0.2) is 0 Å². The Morgan fingerprint density at radius 2 is 2.09 bits per heavy atom. The van der Waals surface area contributed by atoms with Crippen molar-refractivity contribution in [2.75, 3.05) is 12.4 Å². The van der Waals surface area contributed by atoms with Gasteiger partial charge in [0.25, 0.3) is 0 Å². The first-order valence-corrected chi connectivity index (χ1v) is 3.52. The molecule has 0 aliphatic carbocycles. The minimum absolute atomic E-state index is 0.185. The summed E-state index contributed by atoms with van der Waals surface area (Å²) in [4.78, 5) is 10.4. The molecule has 6 heteroatoms. The van der Waals surface area contributed by atoms with Crippen LogP contribution in [-0.2, 0) is 9.53 Å². The number of thiol groups is 1. The van der Waals surface area contributed by atoms with Crippen molar-refractivity contribution in [2.45, 2.75) is 12.4 Å². The second-order valence-electron chi connectivity index (χ2n) is 1.79. The number of aliphatic hydroxyl groups is 3. The highest BCUT2D eigenvalue weighted by Crippen LogP contribution is 1.95. The molecule has 0 aromatic heterocycles. The first-order chi connectivity index (χ1) is 5.11. The van der Waals surface area contributed by atoms with Gasteiger partial charge in [0.2, 0.25) is 6.29 Å². The average Bonchev–Trinajstić information content (AvgIpc) is 2.02. The minimum Gasteiger partial charge on any atom is -0.432 e. The van der Waals surface area contributed by atoms with Gasteiger partial charge in [-0.2, -0.15) is 12.6 Å². The normalized spacial score (nSPS) is 15.6. The van der Waals surface area contributed by atoms with E-state index in [1.54, 1.807) is 0 Å². The summed E-state index contributed by atoms with van der Waals surface area (Å²) in [7, 11) is 0. The Labute approximate surface area is 69.0 Å². The highest BCUT2D eigenvalue weighted by atomic mass is 32.1. The van der Waals surface area contributed by atoms with E-state index in [1.165, 1.54) is 0 Å². The van der Waals surface area contributed by atoms with Gasteiger partial charge >= 0.3 is 5.97 Å². The Hall–Kier alpha value is -0.300. The highest BCUT2D eigenvalue weighted by molar-refractivity contribution is 7.81. The summed E-state index contributed by atoms with van der Waals surface area (Å²) >= 11 is 3.56. The monoisotopic (exact) mass is 182 g/mol. The van der Waals surface area contributed by atoms with Gasteiger partial charge in [-0.25, -0.2) is 0 Å². The van der Waals surface area contributed by atoms with Crippen molar-refractivity contribution in [3.63, 3.8) is 0 Å². The molecule has 2 atom stereocenters. The van der Waals surface area contributed by atoms with Crippen LogP contribution in [0.25, 0.3) is 0 Å². The van der Waals surface area contributed by atoms with Crippen LogP contribution in [0.1, 0.15) is 0 Å². The lowest BCUT2D eigenvalue weighted by Gasteiger charge is -2.14. The van der Waals surface area contributed by atoms with Crippen molar-refractivity contribution in [1.29, 1.82) is 0 Å². The zero-order chi connectivity index (χ0) is 8.85. The fraction of sp³-hybridized carbons (Fsp3) is 0.800. The van der Waals surface area contributed by atoms with E-state index in [1.807, 2.05) is 0 Å². The molecular formula is C5H10O5S. The van der Waals surface area contributed by atoms with Gasteiger partial charge < -0.3 is 20.1 Å². The largest absolute Gasteiger partial charge is 0.432 e. The smallest absolute Gasteiger partial charge is 0.318 e. The van der Waals surface area contributed by atoms with E-state index >= 15 is 0 Å². The van der Waals surface area contributed by atoms with E-state index < -0.39 is 25.0 Å². The van der Waals surface area contributed by atoms with Crippen molar-refractivity contribution in [3.05, 3.63) is 0 Å². The van der Waals surface area contributed by atoms with Gasteiger partial charge in [-0.3, -0.25) is 4.79 Å². The molecule has 0 aliphatic heterocycles. The van der Waals surface area contributed by atoms with Crippen LogP contribution in [0.5, 0.6) is 0 Å². The van der Waals surface area contributed by atoms with Crippen molar-refractivity contribution in [3.8, 4) is 0 Å². The van der Waals surface area contributed by atoms with E-state index in [4.69, 9.17) is 15.3 Å². The first-order valence-electron chi connectivity index (χ1n) is 2.89. The number of carbonyl (C=O) groups is 1. The Kier molecular flexibility index (Phi) is 5.22. The average molecular weight is 182 g/mol. The summed E-state index contributed by atoms with van der Waals surface area (Å²) in [6.45, 7) is -0.666. The molecule has 0 aromatic rings. The summed E-state index contributed by atoms with van der Waals surface area (Å²) in [5, 5.41) is 25.7. The van der Waals surface area contributed by atoms with Gasteiger partial charge in [0.05, 0.1) is 12.4 Å². The summed E-state index contributed by atoms with van der Waals surface area (Å²) < 4.78 is 4.18. The molecule has 0 aliphatic rings. The molecular weight excluding hydrogens is 172 g/mol. The number of hydrogen-bond donors (Lipinski definition) is 4. The third-order valence-corrected chi connectivity index (χ3v) is 1.16. The van der Waals surface area contributed by atoms with Gasteiger partial charge in [0.1, 0.15) is 6.10 Å². The Morgan fingerprint density at radius 1 is 1.55 bits per heavy atom. The lowest BCUT2D eigenvalue weighted by atomic mass is 10.4.